The van der Waals surface area contributed by atoms with E-state index in [0.717, 1.165) is 24.8 Å². The zero-order valence-corrected chi connectivity index (χ0v) is 11.9. The zero-order valence-electron chi connectivity index (χ0n) is 11.9. The van der Waals surface area contributed by atoms with Crippen LogP contribution < -0.4 is 10.2 Å². The van der Waals surface area contributed by atoms with Gasteiger partial charge in [-0.05, 0) is 30.9 Å². The Labute approximate surface area is 114 Å². The minimum absolute atomic E-state index is 0.0335. The maximum Gasteiger partial charge on any atom is 0.228 e. The summed E-state index contributed by atoms with van der Waals surface area (Å²) in [6, 6.07) is 3.75. The largest absolute Gasteiger partial charge is 0.355 e. The quantitative estimate of drug-likeness (QED) is 0.908. The molecule has 1 N–H and O–H groups in total. The number of carbonyl (C=O) groups excluding carboxylic acids is 1. The van der Waals surface area contributed by atoms with Gasteiger partial charge in [-0.1, -0.05) is 20.8 Å². The molecule has 2 heterocycles. The highest BCUT2D eigenvalue weighted by Crippen LogP contribution is 2.21. The highest BCUT2D eigenvalue weighted by Gasteiger charge is 2.17. The van der Waals surface area contributed by atoms with E-state index in [0.29, 0.717) is 5.82 Å². The van der Waals surface area contributed by atoms with Crippen molar-refractivity contribution < 1.29 is 4.79 Å². The minimum Gasteiger partial charge on any atom is -0.355 e. The predicted molar refractivity (Wildman–Crippen MR) is 76.1 cm³/mol. The van der Waals surface area contributed by atoms with Gasteiger partial charge in [0.15, 0.2) is 11.6 Å². The third-order valence-electron chi connectivity index (χ3n) is 3.53. The monoisotopic (exact) mass is 262 g/mol. The number of anilines is 2. The molecule has 2 rings (SSSR count). The number of amides is 1. The summed E-state index contributed by atoms with van der Waals surface area (Å²) in [5.74, 6) is 2.13. The molecule has 1 aliphatic rings. The summed E-state index contributed by atoms with van der Waals surface area (Å²) in [6.45, 7) is 8.06. The number of nitrogens with zero attached hydrogens (tertiary/aromatic N) is 3. The standard InChI is InChI=1S/C14H22N4O/c1-10(2)14(19)15-12-4-5-13(17-16-12)18-8-6-11(3)7-9-18/h4-5,10-11H,6-9H2,1-3H3,(H,15,16,19). The SMILES string of the molecule is CC1CCN(c2ccc(NC(=O)C(C)C)nn2)CC1. The Hall–Kier alpha value is -1.65. The number of rotatable bonds is 3. The van der Waals surface area contributed by atoms with E-state index in [-0.39, 0.29) is 11.8 Å². The van der Waals surface area contributed by atoms with Gasteiger partial charge < -0.3 is 10.2 Å². The normalized spacial score (nSPS) is 16.7. The van der Waals surface area contributed by atoms with E-state index in [2.05, 4.69) is 27.3 Å². The first-order chi connectivity index (χ1) is 9.06. The van der Waals surface area contributed by atoms with Gasteiger partial charge in [0, 0.05) is 19.0 Å². The maximum absolute atomic E-state index is 11.5. The molecule has 1 saturated heterocycles. The van der Waals surface area contributed by atoms with Crippen LogP contribution in [0.15, 0.2) is 12.1 Å². The van der Waals surface area contributed by atoms with Crippen LogP contribution in [0.4, 0.5) is 11.6 Å². The first-order valence-electron chi connectivity index (χ1n) is 6.96. The second kappa shape index (κ2) is 5.99. The van der Waals surface area contributed by atoms with Crippen LogP contribution in [-0.2, 0) is 4.79 Å². The Morgan fingerprint density at radius 2 is 2.00 bits per heavy atom. The van der Waals surface area contributed by atoms with Crippen molar-refractivity contribution in [3.05, 3.63) is 12.1 Å². The third kappa shape index (κ3) is 3.66. The molecule has 0 unspecified atom stereocenters. The molecule has 104 valence electrons. The molecule has 0 aromatic carbocycles. The molecule has 1 aromatic rings. The number of hydrogen-bond acceptors (Lipinski definition) is 4. The third-order valence-corrected chi connectivity index (χ3v) is 3.53. The minimum atomic E-state index is -0.0509. The highest BCUT2D eigenvalue weighted by atomic mass is 16.1. The van der Waals surface area contributed by atoms with Crippen LogP contribution in [0.1, 0.15) is 33.6 Å². The number of piperidine rings is 1. The molecule has 0 atom stereocenters. The molecule has 5 nitrogen and oxygen atoms in total. The molecule has 1 aliphatic heterocycles. The molecular weight excluding hydrogens is 240 g/mol. The second-order valence-corrected chi connectivity index (χ2v) is 5.59. The van der Waals surface area contributed by atoms with Crippen molar-refractivity contribution in [2.24, 2.45) is 11.8 Å². The maximum atomic E-state index is 11.5. The summed E-state index contributed by atoms with van der Waals surface area (Å²) < 4.78 is 0. The fourth-order valence-corrected chi connectivity index (χ4v) is 2.07. The average molecular weight is 262 g/mol. The van der Waals surface area contributed by atoms with Crippen molar-refractivity contribution in [2.45, 2.75) is 33.6 Å². The van der Waals surface area contributed by atoms with Crippen LogP contribution >= 0.6 is 0 Å². The number of aromatic nitrogens is 2. The molecule has 0 aliphatic carbocycles. The van der Waals surface area contributed by atoms with Gasteiger partial charge >= 0.3 is 0 Å². The molecule has 0 radical (unpaired) electrons. The number of carbonyl (C=O) groups is 1. The Morgan fingerprint density at radius 1 is 1.32 bits per heavy atom. The average Bonchev–Trinajstić information content (AvgIpc) is 2.40. The fourth-order valence-electron chi connectivity index (χ4n) is 2.07. The fraction of sp³-hybridized carbons (Fsp3) is 0.643. The van der Waals surface area contributed by atoms with Crippen molar-refractivity contribution in [1.82, 2.24) is 10.2 Å². The zero-order chi connectivity index (χ0) is 13.8. The van der Waals surface area contributed by atoms with E-state index in [9.17, 15) is 4.79 Å². The molecule has 0 saturated carbocycles. The van der Waals surface area contributed by atoms with Crippen LogP contribution in [0.5, 0.6) is 0 Å². The van der Waals surface area contributed by atoms with E-state index >= 15 is 0 Å². The van der Waals surface area contributed by atoms with Gasteiger partial charge in [0.05, 0.1) is 0 Å². The Kier molecular flexibility index (Phi) is 4.35. The first-order valence-corrected chi connectivity index (χ1v) is 6.96. The second-order valence-electron chi connectivity index (χ2n) is 5.59. The summed E-state index contributed by atoms with van der Waals surface area (Å²) in [6.07, 6.45) is 2.40. The number of nitrogens with one attached hydrogen (secondary N) is 1. The Balaban J connectivity index is 1.96. The molecule has 1 fully saturated rings. The van der Waals surface area contributed by atoms with Gasteiger partial charge in [-0.15, -0.1) is 10.2 Å². The summed E-state index contributed by atoms with van der Waals surface area (Å²) in [4.78, 5) is 13.8. The first kappa shape index (κ1) is 13.8. The predicted octanol–water partition coefficient (Wildman–Crippen LogP) is 2.31. The van der Waals surface area contributed by atoms with Crippen molar-refractivity contribution in [3.8, 4) is 0 Å². The van der Waals surface area contributed by atoms with Gasteiger partial charge in [0.2, 0.25) is 5.91 Å². The van der Waals surface area contributed by atoms with Crippen LogP contribution in [0, 0.1) is 11.8 Å². The molecular formula is C14H22N4O. The molecule has 5 heteroatoms. The lowest BCUT2D eigenvalue weighted by molar-refractivity contribution is -0.118. The summed E-state index contributed by atoms with van der Waals surface area (Å²) in [7, 11) is 0. The Bertz CT molecular complexity index is 422. The van der Waals surface area contributed by atoms with Crippen molar-refractivity contribution in [1.29, 1.82) is 0 Å². The van der Waals surface area contributed by atoms with Crippen LogP contribution in [0.2, 0.25) is 0 Å². The molecule has 1 aromatic heterocycles. The highest BCUT2D eigenvalue weighted by molar-refractivity contribution is 5.91. The smallest absolute Gasteiger partial charge is 0.228 e. The van der Waals surface area contributed by atoms with Gasteiger partial charge in [-0.25, -0.2) is 0 Å². The molecule has 1 amide bonds. The van der Waals surface area contributed by atoms with Crippen molar-refractivity contribution >= 4 is 17.5 Å². The lowest BCUT2D eigenvalue weighted by Crippen LogP contribution is -2.33. The lowest BCUT2D eigenvalue weighted by atomic mass is 9.99. The molecule has 0 spiro atoms. The molecule has 19 heavy (non-hydrogen) atoms. The van der Waals surface area contributed by atoms with Gasteiger partial charge in [0.25, 0.3) is 0 Å². The van der Waals surface area contributed by atoms with Crippen molar-refractivity contribution in [3.63, 3.8) is 0 Å². The topological polar surface area (TPSA) is 58.1 Å². The van der Waals surface area contributed by atoms with Crippen LogP contribution in [0.3, 0.4) is 0 Å². The van der Waals surface area contributed by atoms with Gasteiger partial charge in [-0.2, -0.15) is 0 Å². The summed E-state index contributed by atoms with van der Waals surface area (Å²) >= 11 is 0. The van der Waals surface area contributed by atoms with E-state index in [4.69, 9.17) is 0 Å². The van der Waals surface area contributed by atoms with Crippen LogP contribution in [0.25, 0.3) is 0 Å². The van der Waals surface area contributed by atoms with E-state index in [1.807, 2.05) is 26.0 Å². The van der Waals surface area contributed by atoms with Gasteiger partial charge in [-0.3, -0.25) is 4.79 Å². The summed E-state index contributed by atoms with van der Waals surface area (Å²) in [5.41, 5.74) is 0. The van der Waals surface area contributed by atoms with E-state index in [1.54, 1.807) is 0 Å². The van der Waals surface area contributed by atoms with E-state index in [1.165, 1.54) is 12.8 Å². The van der Waals surface area contributed by atoms with E-state index < -0.39 is 0 Å². The number of hydrogen-bond donors (Lipinski definition) is 1. The van der Waals surface area contributed by atoms with Crippen molar-refractivity contribution in [2.75, 3.05) is 23.3 Å². The molecule has 0 bridgehead atoms. The van der Waals surface area contributed by atoms with Crippen LogP contribution in [-0.4, -0.2) is 29.2 Å². The lowest BCUT2D eigenvalue weighted by Gasteiger charge is -2.30. The Morgan fingerprint density at radius 3 is 2.53 bits per heavy atom. The summed E-state index contributed by atoms with van der Waals surface area (Å²) in [5, 5.41) is 11.0. The van der Waals surface area contributed by atoms with Gasteiger partial charge in [0.1, 0.15) is 0 Å².